The molecule has 0 amide bonds. The van der Waals surface area contributed by atoms with Crippen molar-refractivity contribution in [3.8, 4) is 0 Å². The van der Waals surface area contributed by atoms with Gasteiger partial charge in [0.05, 0.1) is 12.5 Å². The van der Waals surface area contributed by atoms with Gasteiger partial charge in [0.25, 0.3) is 0 Å². The van der Waals surface area contributed by atoms with Crippen molar-refractivity contribution in [1.29, 1.82) is 0 Å². The highest BCUT2D eigenvalue weighted by molar-refractivity contribution is 5.89. The highest BCUT2D eigenvalue weighted by Gasteiger charge is 2.79. The molecular weight excluding hydrogens is 184 g/mol. The number of hydrogen-bond acceptors (Lipinski definition) is 4. The van der Waals surface area contributed by atoms with Gasteiger partial charge in [0, 0.05) is 5.92 Å². The fourth-order valence-corrected chi connectivity index (χ4v) is 2.47. The van der Waals surface area contributed by atoms with E-state index in [0.717, 1.165) is 0 Å². The summed E-state index contributed by atoms with van der Waals surface area (Å²) in [4.78, 5) is 22.4. The van der Waals surface area contributed by atoms with Crippen LogP contribution in [0.25, 0.3) is 0 Å². The average Bonchev–Trinajstić information content (AvgIpc) is 2.75. The lowest BCUT2D eigenvalue weighted by molar-refractivity contribution is -0.194. The Kier molecular flexibility index (Phi) is 1.84. The zero-order chi connectivity index (χ0) is 10.5. The van der Waals surface area contributed by atoms with Gasteiger partial charge < -0.3 is 9.47 Å². The first kappa shape index (κ1) is 9.49. The van der Waals surface area contributed by atoms with Crippen molar-refractivity contribution in [3.63, 3.8) is 0 Å². The maximum absolute atomic E-state index is 11.5. The Morgan fingerprint density at radius 3 is 2.64 bits per heavy atom. The van der Waals surface area contributed by atoms with Gasteiger partial charge in [-0.25, -0.2) is 0 Å². The Hall–Kier alpha value is -1.06. The Bertz CT molecular complexity index is 298. The van der Waals surface area contributed by atoms with Gasteiger partial charge in [0.1, 0.15) is 11.5 Å². The van der Waals surface area contributed by atoms with E-state index in [1.165, 1.54) is 0 Å². The Morgan fingerprint density at radius 1 is 1.57 bits per heavy atom. The molecular formula is C10H14O4. The third-order valence-electron chi connectivity index (χ3n) is 3.44. The molecule has 2 aliphatic rings. The molecule has 14 heavy (non-hydrogen) atoms. The number of carbonyl (C=O) groups is 2. The van der Waals surface area contributed by atoms with Gasteiger partial charge >= 0.3 is 11.9 Å². The van der Waals surface area contributed by atoms with Crippen molar-refractivity contribution < 1.29 is 19.1 Å². The molecule has 0 unspecified atom stereocenters. The Morgan fingerprint density at radius 2 is 2.21 bits per heavy atom. The van der Waals surface area contributed by atoms with Crippen molar-refractivity contribution >= 4 is 11.9 Å². The summed E-state index contributed by atoms with van der Waals surface area (Å²) in [5.41, 5.74) is -0.524. The lowest BCUT2D eigenvalue weighted by atomic mass is 9.93. The number of hydrogen-bond donors (Lipinski definition) is 0. The minimum absolute atomic E-state index is 0.106. The van der Waals surface area contributed by atoms with Crippen LogP contribution in [0.3, 0.4) is 0 Å². The van der Waals surface area contributed by atoms with Gasteiger partial charge in [-0.1, -0.05) is 6.92 Å². The summed E-state index contributed by atoms with van der Waals surface area (Å²) in [5, 5.41) is 0. The minimum Gasteiger partial charge on any atom is -0.466 e. The molecule has 0 radical (unpaired) electrons. The van der Waals surface area contributed by atoms with Crippen LogP contribution in [0.4, 0.5) is 0 Å². The van der Waals surface area contributed by atoms with Crippen molar-refractivity contribution in [2.24, 2.45) is 17.8 Å². The second kappa shape index (κ2) is 2.72. The second-order valence-electron chi connectivity index (χ2n) is 4.01. The summed E-state index contributed by atoms with van der Waals surface area (Å²) in [5.74, 6) is -0.737. The number of ether oxygens (including phenoxy) is 2. The van der Waals surface area contributed by atoms with Crippen molar-refractivity contribution in [2.45, 2.75) is 26.4 Å². The topological polar surface area (TPSA) is 52.6 Å². The second-order valence-corrected chi connectivity index (χ2v) is 4.01. The van der Waals surface area contributed by atoms with E-state index in [1.807, 2.05) is 13.8 Å². The molecule has 2 rings (SSSR count). The summed E-state index contributed by atoms with van der Waals surface area (Å²) in [7, 11) is 0. The van der Waals surface area contributed by atoms with E-state index in [-0.39, 0.29) is 29.7 Å². The molecule has 0 aromatic heterocycles. The molecule has 0 aromatic carbocycles. The normalized spacial score (nSPS) is 44.2. The highest BCUT2D eigenvalue weighted by Crippen LogP contribution is 2.63. The number of carbonyl (C=O) groups excluding carboxylic acids is 2. The molecule has 2 fully saturated rings. The Balaban J connectivity index is 2.06. The minimum atomic E-state index is -0.524. The van der Waals surface area contributed by atoms with E-state index in [1.54, 1.807) is 6.92 Å². The van der Waals surface area contributed by atoms with E-state index in [4.69, 9.17) is 9.47 Å². The van der Waals surface area contributed by atoms with Crippen LogP contribution in [0.2, 0.25) is 0 Å². The lowest BCUT2D eigenvalue weighted by Gasteiger charge is -2.34. The molecule has 1 saturated carbocycles. The zero-order valence-corrected chi connectivity index (χ0v) is 8.57. The summed E-state index contributed by atoms with van der Waals surface area (Å²) >= 11 is 0. The highest BCUT2D eigenvalue weighted by atomic mass is 16.6. The SMILES string of the molecule is CCOC(=O)[C@@H]1[C@@H](C)[C@@]12OC(=O)[C@@H]2C. The van der Waals surface area contributed by atoms with Gasteiger partial charge in [-0.05, 0) is 13.8 Å². The van der Waals surface area contributed by atoms with Gasteiger partial charge in [0.15, 0.2) is 0 Å². The number of esters is 2. The smallest absolute Gasteiger partial charge is 0.313 e. The predicted octanol–water partition coefficient (Wildman–Crippen LogP) is 0.747. The molecule has 1 saturated heterocycles. The van der Waals surface area contributed by atoms with Crippen LogP contribution in [-0.2, 0) is 19.1 Å². The maximum Gasteiger partial charge on any atom is 0.313 e. The quantitative estimate of drug-likeness (QED) is 0.614. The largest absolute Gasteiger partial charge is 0.466 e. The van der Waals surface area contributed by atoms with Crippen molar-refractivity contribution in [1.82, 2.24) is 0 Å². The zero-order valence-electron chi connectivity index (χ0n) is 8.57. The Labute approximate surface area is 82.6 Å². The molecule has 1 heterocycles. The van der Waals surface area contributed by atoms with Crippen LogP contribution in [0.1, 0.15) is 20.8 Å². The van der Waals surface area contributed by atoms with E-state index in [9.17, 15) is 9.59 Å². The number of rotatable bonds is 2. The molecule has 1 aliphatic carbocycles. The third kappa shape index (κ3) is 0.885. The fraction of sp³-hybridized carbons (Fsp3) is 0.800. The lowest BCUT2D eigenvalue weighted by Crippen LogP contribution is -2.49. The molecule has 4 heteroatoms. The van der Waals surface area contributed by atoms with Crippen LogP contribution < -0.4 is 0 Å². The first-order chi connectivity index (χ1) is 6.55. The van der Waals surface area contributed by atoms with E-state index in [0.29, 0.717) is 6.61 Å². The van der Waals surface area contributed by atoms with Crippen LogP contribution in [0, 0.1) is 17.8 Å². The van der Waals surface area contributed by atoms with Crippen LogP contribution >= 0.6 is 0 Å². The van der Waals surface area contributed by atoms with Crippen LogP contribution in [-0.4, -0.2) is 24.1 Å². The first-order valence-electron chi connectivity index (χ1n) is 4.95. The van der Waals surface area contributed by atoms with Crippen LogP contribution in [0.15, 0.2) is 0 Å². The summed E-state index contributed by atoms with van der Waals surface area (Å²) < 4.78 is 10.0. The van der Waals surface area contributed by atoms with Crippen LogP contribution in [0.5, 0.6) is 0 Å². The van der Waals surface area contributed by atoms with E-state index >= 15 is 0 Å². The maximum atomic E-state index is 11.5. The molecule has 4 nitrogen and oxygen atoms in total. The molecule has 0 N–H and O–H groups in total. The van der Waals surface area contributed by atoms with E-state index in [2.05, 4.69) is 0 Å². The molecule has 1 aliphatic heterocycles. The summed E-state index contributed by atoms with van der Waals surface area (Å²) in [6.45, 7) is 5.88. The third-order valence-corrected chi connectivity index (χ3v) is 3.44. The molecule has 0 bridgehead atoms. The monoisotopic (exact) mass is 198 g/mol. The molecule has 78 valence electrons. The van der Waals surface area contributed by atoms with Crippen molar-refractivity contribution in [2.75, 3.05) is 6.61 Å². The molecule has 4 atom stereocenters. The molecule has 1 spiro atoms. The molecule has 0 aromatic rings. The van der Waals surface area contributed by atoms with Gasteiger partial charge in [-0.15, -0.1) is 0 Å². The van der Waals surface area contributed by atoms with Gasteiger partial charge in [-0.3, -0.25) is 9.59 Å². The van der Waals surface area contributed by atoms with E-state index < -0.39 is 5.60 Å². The van der Waals surface area contributed by atoms with Gasteiger partial charge in [-0.2, -0.15) is 0 Å². The standard InChI is InChI=1S/C10H14O4/c1-4-13-9(12)7-5(2)10(7)6(3)8(11)14-10/h5-7H,4H2,1-3H3/t5-,6+,7+,10+/m1/s1. The summed E-state index contributed by atoms with van der Waals surface area (Å²) in [6, 6.07) is 0. The predicted molar refractivity (Wildman–Crippen MR) is 47.3 cm³/mol. The summed E-state index contributed by atoms with van der Waals surface area (Å²) in [6.07, 6.45) is 0. The average molecular weight is 198 g/mol. The first-order valence-corrected chi connectivity index (χ1v) is 4.95. The van der Waals surface area contributed by atoms with Gasteiger partial charge in [0.2, 0.25) is 0 Å². The fourth-order valence-electron chi connectivity index (χ4n) is 2.47. The van der Waals surface area contributed by atoms with Crippen molar-refractivity contribution in [3.05, 3.63) is 0 Å².